The third-order valence-corrected chi connectivity index (χ3v) is 7.93. The monoisotopic (exact) mass is 260 g/mol. The first kappa shape index (κ1) is 17.4. The van der Waals surface area contributed by atoms with Crippen LogP contribution in [0.25, 0.3) is 0 Å². The van der Waals surface area contributed by atoms with Crippen molar-refractivity contribution in [3.05, 3.63) is 0 Å². The van der Waals surface area contributed by atoms with E-state index in [4.69, 9.17) is 0 Å². The summed E-state index contributed by atoms with van der Waals surface area (Å²) in [6.07, 6.45) is 14.1. The van der Waals surface area contributed by atoms with Crippen molar-refractivity contribution in [3.63, 3.8) is 0 Å². The molecule has 0 saturated heterocycles. The summed E-state index contributed by atoms with van der Waals surface area (Å²) in [6.45, 7) is 10.5. The van der Waals surface area contributed by atoms with Crippen molar-refractivity contribution in [2.75, 3.05) is 25.0 Å². The molecule has 0 aliphatic carbocycles. The Hall–Kier alpha value is 0.390. The van der Waals surface area contributed by atoms with Crippen molar-refractivity contribution in [3.8, 4) is 0 Å². The number of hydrogen-bond donors (Lipinski definition) is 1. The Balaban J connectivity index is 4.39. The summed E-state index contributed by atoms with van der Waals surface area (Å²) in [4.78, 5) is 0. The molecule has 0 atom stereocenters. The second-order valence-corrected chi connectivity index (χ2v) is 9.23. The van der Waals surface area contributed by atoms with Gasteiger partial charge in [0.2, 0.25) is 0 Å². The maximum absolute atomic E-state index is 4.00. The largest absolute Gasteiger partial charge is 0.192 e. The molecule has 0 aliphatic heterocycles. The Morgan fingerprint density at radius 1 is 0.647 bits per heavy atom. The zero-order valence-corrected chi connectivity index (χ0v) is 13.6. The summed E-state index contributed by atoms with van der Waals surface area (Å²) < 4.78 is 0. The van der Waals surface area contributed by atoms with Crippen LogP contribution in [0.15, 0.2) is 0 Å². The average Bonchev–Trinajstić information content (AvgIpc) is 2.37. The molecule has 17 heavy (non-hydrogen) atoms. The van der Waals surface area contributed by atoms with E-state index in [0.29, 0.717) is 0 Å². The van der Waals surface area contributed by atoms with Gasteiger partial charge >= 0.3 is 0 Å². The van der Waals surface area contributed by atoms with Crippen LogP contribution in [0.1, 0.15) is 72.6 Å². The van der Waals surface area contributed by atoms with E-state index in [1.165, 1.54) is 70.0 Å². The molecule has 0 aliphatic rings. The maximum atomic E-state index is 4.00. The molecule has 104 valence electrons. The van der Waals surface area contributed by atoms with E-state index in [0.717, 1.165) is 0 Å². The summed E-state index contributed by atoms with van der Waals surface area (Å²) in [5.41, 5.74) is 0. The van der Waals surface area contributed by atoms with Crippen LogP contribution in [-0.4, -0.2) is 25.0 Å². The molecule has 0 unspecified atom stereocenters. The summed E-state index contributed by atoms with van der Waals surface area (Å²) in [7, 11) is -0.812. The second kappa shape index (κ2) is 11.5. The molecule has 0 spiro atoms. The van der Waals surface area contributed by atoms with Gasteiger partial charge in [0.25, 0.3) is 0 Å². The molecule has 0 saturated carbocycles. The Kier molecular flexibility index (Phi) is 11.7. The number of rotatable bonds is 12. The van der Waals surface area contributed by atoms with Crippen LogP contribution < -0.4 is 5.09 Å². The lowest BCUT2D eigenvalue weighted by Crippen LogP contribution is -2.25. The van der Waals surface area contributed by atoms with Crippen molar-refractivity contribution >= 4 is 7.41 Å². The lowest BCUT2D eigenvalue weighted by Gasteiger charge is -2.28. The zero-order valence-electron chi connectivity index (χ0n) is 12.7. The second-order valence-electron chi connectivity index (χ2n) is 5.28. The zero-order chi connectivity index (χ0) is 13.0. The van der Waals surface area contributed by atoms with E-state index in [-0.39, 0.29) is 0 Å². The Morgan fingerprint density at radius 3 is 1.35 bits per heavy atom. The van der Waals surface area contributed by atoms with Crippen LogP contribution in [0.2, 0.25) is 0 Å². The van der Waals surface area contributed by atoms with Gasteiger partial charge in [-0.25, -0.2) is 0 Å². The molecular weight excluding hydrogens is 225 g/mol. The van der Waals surface area contributed by atoms with Crippen LogP contribution in [0.4, 0.5) is 0 Å². The van der Waals surface area contributed by atoms with Crippen molar-refractivity contribution in [2.45, 2.75) is 72.6 Å². The van der Waals surface area contributed by atoms with Gasteiger partial charge in [0, 0.05) is 6.54 Å². The molecular formula is C15H35NP+. The first-order valence-corrected chi connectivity index (χ1v) is 10.2. The number of hydrogen-bond acceptors (Lipinski definition) is 1. The minimum atomic E-state index is -0.812. The van der Waals surface area contributed by atoms with Gasteiger partial charge in [-0.05, 0) is 25.7 Å². The number of unbranched alkanes of at least 4 members (excludes halogenated alkanes) is 3. The van der Waals surface area contributed by atoms with Gasteiger partial charge in [-0.1, -0.05) is 47.0 Å². The molecule has 0 aromatic heterocycles. The van der Waals surface area contributed by atoms with E-state index in [1.54, 1.807) is 0 Å². The summed E-state index contributed by atoms with van der Waals surface area (Å²) in [5.74, 6) is 0. The number of nitrogens with one attached hydrogen (secondary N) is 1. The Bertz CT molecular complexity index is 121. The fraction of sp³-hybridized carbons (Fsp3) is 1.00. The van der Waals surface area contributed by atoms with Gasteiger partial charge in [-0.2, -0.15) is 5.09 Å². The van der Waals surface area contributed by atoms with Crippen molar-refractivity contribution in [1.29, 1.82) is 0 Å². The molecule has 0 radical (unpaired) electrons. The van der Waals surface area contributed by atoms with Crippen molar-refractivity contribution in [2.24, 2.45) is 0 Å². The van der Waals surface area contributed by atoms with E-state index in [1.807, 2.05) is 0 Å². The molecule has 1 nitrogen and oxygen atoms in total. The van der Waals surface area contributed by atoms with E-state index in [2.05, 4.69) is 32.8 Å². The topological polar surface area (TPSA) is 12.0 Å². The fourth-order valence-electron chi connectivity index (χ4n) is 2.30. The van der Waals surface area contributed by atoms with Gasteiger partial charge in [0.1, 0.15) is 0 Å². The minimum Gasteiger partial charge on any atom is -0.192 e. The third kappa shape index (κ3) is 8.16. The molecule has 0 rings (SSSR count). The predicted molar refractivity (Wildman–Crippen MR) is 84.5 cm³/mol. The van der Waals surface area contributed by atoms with Crippen LogP contribution >= 0.6 is 7.41 Å². The summed E-state index contributed by atoms with van der Waals surface area (Å²) in [5, 5.41) is 4.00. The summed E-state index contributed by atoms with van der Waals surface area (Å²) >= 11 is 0. The summed E-state index contributed by atoms with van der Waals surface area (Å²) in [6, 6.07) is 0. The van der Waals surface area contributed by atoms with E-state index >= 15 is 0 Å². The van der Waals surface area contributed by atoms with Gasteiger partial charge in [-0.3, -0.25) is 0 Å². The highest BCUT2D eigenvalue weighted by molar-refractivity contribution is 7.74. The first-order chi connectivity index (χ1) is 8.24. The van der Waals surface area contributed by atoms with Crippen LogP contribution in [0.5, 0.6) is 0 Å². The molecule has 0 fully saturated rings. The smallest absolute Gasteiger partial charge is 0.0799 e. The average molecular weight is 260 g/mol. The fourth-order valence-corrected chi connectivity index (χ4v) is 6.91. The molecule has 0 aromatic carbocycles. The van der Waals surface area contributed by atoms with E-state index in [9.17, 15) is 0 Å². The van der Waals surface area contributed by atoms with Gasteiger partial charge in [0.15, 0.2) is 0 Å². The standard InChI is InChI=1S/C15H35NP/c1-5-9-13-17(14-10-6-2,15-11-7-3)16-12-8-4/h16H,5-15H2,1-4H3/q+1. The molecule has 1 N–H and O–H groups in total. The van der Waals surface area contributed by atoms with Crippen molar-refractivity contribution < 1.29 is 0 Å². The lowest BCUT2D eigenvalue weighted by atomic mass is 10.4. The van der Waals surface area contributed by atoms with Crippen LogP contribution in [-0.2, 0) is 0 Å². The quantitative estimate of drug-likeness (QED) is 0.468. The first-order valence-electron chi connectivity index (χ1n) is 7.85. The highest BCUT2D eigenvalue weighted by Crippen LogP contribution is 2.56. The SMILES string of the molecule is CCCC[P+](CCCC)(CCCC)NCCC. The normalized spacial score (nSPS) is 12.0. The minimum absolute atomic E-state index is 0.812. The van der Waals surface area contributed by atoms with Gasteiger partial charge in [-0.15, -0.1) is 0 Å². The highest BCUT2D eigenvalue weighted by atomic mass is 31.2. The molecule has 0 bridgehead atoms. The third-order valence-electron chi connectivity index (χ3n) is 3.52. The van der Waals surface area contributed by atoms with Crippen LogP contribution in [0.3, 0.4) is 0 Å². The highest BCUT2D eigenvalue weighted by Gasteiger charge is 2.34. The molecule has 0 amide bonds. The Labute approximate surface area is 111 Å². The van der Waals surface area contributed by atoms with Gasteiger partial charge < -0.3 is 0 Å². The van der Waals surface area contributed by atoms with E-state index < -0.39 is 7.41 Å². The van der Waals surface area contributed by atoms with Gasteiger partial charge in [0.05, 0.1) is 25.9 Å². The van der Waals surface area contributed by atoms with Crippen LogP contribution in [0, 0.1) is 0 Å². The predicted octanol–water partition coefficient (Wildman–Crippen LogP) is 5.32. The van der Waals surface area contributed by atoms with Crippen molar-refractivity contribution in [1.82, 2.24) is 5.09 Å². The molecule has 0 heterocycles. The lowest BCUT2D eigenvalue weighted by molar-refractivity contribution is 0.790. The molecule has 0 aromatic rings. The Morgan fingerprint density at radius 2 is 1.06 bits per heavy atom. The maximum Gasteiger partial charge on any atom is 0.0799 e. The molecule has 2 heteroatoms.